The number of ether oxygens (including phenoxy) is 1. The molecule has 9 nitrogen and oxygen atoms in total. The highest BCUT2D eigenvalue weighted by molar-refractivity contribution is 7.15. The zero-order valence-corrected chi connectivity index (χ0v) is 19.5. The molecule has 0 aliphatic heterocycles. The lowest BCUT2D eigenvalue weighted by Gasteiger charge is -2.05. The molecular formula is C25H20N4O5S. The third kappa shape index (κ3) is 4.69. The van der Waals surface area contributed by atoms with Crippen LogP contribution in [0.5, 0.6) is 5.75 Å². The molecule has 0 unspecified atom stereocenters. The van der Waals surface area contributed by atoms with E-state index in [1.807, 2.05) is 24.3 Å². The molecule has 3 aromatic heterocycles. The largest absolute Gasteiger partial charge is 0.494 e. The van der Waals surface area contributed by atoms with Gasteiger partial charge in [0.2, 0.25) is 4.96 Å². The summed E-state index contributed by atoms with van der Waals surface area (Å²) in [5.74, 6) is 2.17. The highest BCUT2D eigenvalue weighted by atomic mass is 32.1. The van der Waals surface area contributed by atoms with Crippen molar-refractivity contribution in [3.63, 3.8) is 0 Å². The molecule has 0 bridgehead atoms. The van der Waals surface area contributed by atoms with E-state index in [1.165, 1.54) is 28.0 Å². The first kappa shape index (κ1) is 22.5. The molecule has 176 valence electrons. The Kier molecular flexibility index (Phi) is 6.11. The lowest BCUT2D eigenvalue weighted by atomic mass is 10.1. The first-order chi connectivity index (χ1) is 17.0. The third-order valence-electron chi connectivity index (χ3n) is 5.30. The number of fused-ring (bicyclic) bond motifs is 1. The minimum atomic E-state index is -0.457. The Balaban J connectivity index is 1.39. The fourth-order valence-electron chi connectivity index (χ4n) is 3.48. The minimum Gasteiger partial charge on any atom is -0.494 e. The van der Waals surface area contributed by atoms with Gasteiger partial charge in [0.25, 0.3) is 11.2 Å². The molecule has 0 spiro atoms. The second kappa shape index (κ2) is 9.51. The highest BCUT2D eigenvalue weighted by Crippen LogP contribution is 2.26. The van der Waals surface area contributed by atoms with E-state index >= 15 is 0 Å². The molecule has 0 aliphatic carbocycles. The summed E-state index contributed by atoms with van der Waals surface area (Å²) in [6.07, 6.45) is 3.69. The average molecular weight is 489 g/mol. The van der Waals surface area contributed by atoms with E-state index < -0.39 is 4.92 Å². The number of hydrogen-bond acceptors (Lipinski definition) is 8. The summed E-state index contributed by atoms with van der Waals surface area (Å²) in [6.45, 7) is 2.79. The summed E-state index contributed by atoms with van der Waals surface area (Å²) in [6, 6.07) is 17.1. The number of aromatic nitrogens is 3. The predicted molar refractivity (Wildman–Crippen MR) is 133 cm³/mol. The summed E-state index contributed by atoms with van der Waals surface area (Å²) in [7, 11) is 0. The molecule has 0 N–H and O–H groups in total. The van der Waals surface area contributed by atoms with Crippen LogP contribution in [0.1, 0.15) is 25.5 Å². The highest BCUT2D eigenvalue weighted by Gasteiger charge is 2.14. The zero-order chi connectivity index (χ0) is 24.4. The van der Waals surface area contributed by atoms with Crippen LogP contribution in [0.15, 0.2) is 69.9 Å². The Morgan fingerprint density at radius 2 is 1.97 bits per heavy atom. The van der Waals surface area contributed by atoms with E-state index in [1.54, 1.807) is 30.3 Å². The number of nitrogens with zero attached hydrogens (tertiary/aromatic N) is 4. The molecule has 0 aliphatic rings. The molecule has 35 heavy (non-hydrogen) atoms. The van der Waals surface area contributed by atoms with Gasteiger partial charge in [0.15, 0.2) is 5.82 Å². The van der Waals surface area contributed by atoms with Gasteiger partial charge in [-0.1, -0.05) is 36.8 Å². The second-order valence-corrected chi connectivity index (χ2v) is 8.79. The molecule has 5 rings (SSSR count). The van der Waals surface area contributed by atoms with Gasteiger partial charge < -0.3 is 9.15 Å². The molecule has 0 saturated carbocycles. The Hall–Kier alpha value is -4.31. The number of benzene rings is 2. The normalized spacial score (nSPS) is 11.9. The minimum absolute atomic E-state index is 0.0220. The van der Waals surface area contributed by atoms with Crippen molar-refractivity contribution < 1.29 is 14.1 Å². The number of non-ortho nitro benzene ring substituents is 1. The smallest absolute Gasteiger partial charge is 0.291 e. The zero-order valence-electron chi connectivity index (χ0n) is 18.7. The van der Waals surface area contributed by atoms with E-state index in [4.69, 9.17) is 9.15 Å². The number of hydrogen-bond donors (Lipinski definition) is 0. The molecule has 0 fully saturated rings. The van der Waals surface area contributed by atoms with Gasteiger partial charge >= 0.3 is 0 Å². The fourth-order valence-corrected chi connectivity index (χ4v) is 4.37. The third-order valence-corrected chi connectivity index (χ3v) is 6.26. The predicted octanol–water partition coefficient (Wildman–Crippen LogP) is 4.71. The first-order valence-electron chi connectivity index (χ1n) is 11.0. The van der Waals surface area contributed by atoms with Crippen LogP contribution in [0.4, 0.5) is 5.69 Å². The van der Waals surface area contributed by atoms with E-state index in [0.717, 1.165) is 24.2 Å². The van der Waals surface area contributed by atoms with Gasteiger partial charge in [-0.25, -0.2) is 0 Å². The van der Waals surface area contributed by atoms with Crippen molar-refractivity contribution in [1.29, 1.82) is 0 Å². The number of thiazole rings is 1. The van der Waals surface area contributed by atoms with E-state index in [9.17, 15) is 14.9 Å². The Labute approximate surface area is 203 Å². The van der Waals surface area contributed by atoms with Crippen LogP contribution >= 0.6 is 11.3 Å². The molecule has 3 heterocycles. The number of rotatable bonds is 8. The summed E-state index contributed by atoms with van der Waals surface area (Å²) in [4.78, 5) is 28.4. The van der Waals surface area contributed by atoms with Crippen LogP contribution in [0.25, 0.3) is 33.7 Å². The van der Waals surface area contributed by atoms with Gasteiger partial charge in [0.1, 0.15) is 21.8 Å². The van der Waals surface area contributed by atoms with Crippen molar-refractivity contribution in [2.24, 2.45) is 0 Å². The molecule has 0 atom stereocenters. The maximum absolute atomic E-state index is 12.9. The summed E-state index contributed by atoms with van der Waals surface area (Å²) < 4.78 is 13.2. The van der Waals surface area contributed by atoms with Crippen molar-refractivity contribution in [2.45, 2.75) is 19.8 Å². The molecule has 0 amide bonds. The SMILES string of the molecule is CCCCOc1ccc(-c2nc3sc(=Cc4ccc(-c5cccc([N+](=O)[O-])c5)o4)c(=O)n3n2)cc1. The summed E-state index contributed by atoms with van der Waals surface area (Å²) in [5, 5.41) is 15.4. The van der Waals surface area contributed by atoms with Crippen LogP contribution in [0, 0.1) is 10.1 Å². The van der Waals surface area contributed by atoms with Crippen LogP contribution < -0.4 is 14.8 Å². The van der Waals surface area contributed by atoms with Crippen molar-refractivity contribution in [3.8, 4) is 28.5 Å². The molecule has 0 radical (unpaired) electrons. The Bertz CT molecular complexity index is 1620. The van der Waals surface area contributed by atoms with Gasteiger partial charge in [-0.15, -0.1) is 5.10 Å². The molecule has 2 aromatic carbocycles. The van der Waals surface area contributed by atoms with Gasteiger partial charge in [-0.05, 0) is 42.8 Å². The molecule has 0 saturated heterocycles. The van der Waals surface area contributed by atoms with Gasteiger partial charge in [-0.3, -0.25) is 14.9 Å². The number of unbranched alkanes of at least 4 members (excludes halogenated alkanes) is 1. The number of nitro groups is 1. The maximum atomic E-state index is 12.9. The monoisotopic (exact) mass is 488 g/mol. The van der Waals surface area contributed by atoms with Crippen molar-refractivity contribution >= 4 is 28.1 Å². The topological polar surface area (TPSA) is 113 Å². The summed E-state index contributed by atoms with van der Waals surface area (Å²) >= 11 is 1.21. The first-order valence-corrected chi connectivity index (χ1v) is 11.8. The van der Waals surface area contributed by atoms with E-state index in [0.29, 0.717) is 39.0 Å². The molecule has 5 aromatic rings. The van der Waals surface area contributed by atoms with Gasteiger partial charge in [-0.2, -0.15) is 9.50 Å². The van der Waals surface area contributed by atoms with E-state index in [-0.39, 0.29) is 11.2 Å². The van der Waals surface area contributed by atoms with E-state index in [2.05, 4.69) is 17.0 Å². The van der Waals surface area contributed by atoms with Crippen molar-refractivity contribution in [2.75, 3.05) is 6.61 Å². The maximum Gasteiger partial charge on any atom is 0.291 e. The lowest BCUT2D eigenvalue weighted by molar-refractivity contribution is -0.384. The second-order valence-electron chi connectivity index (χ2n) is 7.78. The van der Waals surface area contributed by atoms with Gasteiger partial charge in [0, 0.05) is 29.3 Å². The number of nitro benzene ring substituents is 1. The van der Waals surface area contributed by atoms with Gasteiger partial charge in [0.05, 0.1) is 11.5 Å². The lowest BCUT2D eigenvalue weighted by Crippen LogP contribution is -2.23. The Morgan fingerprint density at radius 1 is 1.14 bits per heavy atom. The van der Waals surface area contributed by atoms with Crippen molar-refractivity contribution in [1.82, 2.24) is 14.6 Å². The van der Waals surface area contributed by atoms with Crippen LogP contribution in [-0.2, 0) is 0 Å². The van der Waals surface area contributed by atoms with Crippen molar-refractivity contribution in [3.05, 3.63) is 91.4 Å². The Morgan fingerprint density at radius 3 is 2.71 bits per heavy atom. The van der Waals surface area contributed by atoms with Crippen LogP contribution in [0.3, 0.4) is 0 Å². The molecular weight excluding hydrogens is 468 g/mol. The molecule has 10 heteroatoms. The summed E-state index contributed by atoms with van der Waals surface area (Å²) in [5.41, 5.74) is 1.06. The standard InChI is InChI=1S/C25H20N4O5S/c1-2-3-13-33-19-9-7-16(8-10-19)23-26-25-28(27-23)24(30)22(35-25)15-20-11-12-21(34-20)17-5-4-6-18(14-17)29(31)32/h4-12,14-15H,2-3,13H2,1H3. The fraction of sp³-hybridized carbons (Fsp3) is 0.160. The average Bonchev–Trinajstić information content (AvgIpc) is 3.57. The number of furan rings is 1. The van der Waals surface area contributed by atoms with Crippen LogP contribution in [-0.4, -0.2) is 26.1 Å². The van der Waals surface area contributed by atoms with Crippen LogP contribution in [0.2, 0.25) is 0 Å². The quantitative estimate of drug-likeness (QED) is 0.177.